The molecule has 3 rings (SSSR count). The first-order chi connectivity index (χ1) is 11.6. The number of hydrogen-bond acceptors (Lipinski definition) is 4. The molecule has 0 aromatic heterocycles. The molecule has 0 saturated heterocycles. The molecule has 1 atom stereocenters. The Kier molecular flexibility index (Phi) is 5.52. The van der Waals surface area contributed by atoms with Gasteiger partial charge in [0, 0.05) is 9.27 Å². The topological polar surface area (TPSA) is 50.4 Å². The van der Waals surface area contributed by atoms with Gasteiger partial charge in [0.05, 0.1) is 18.3 Å². The molecular weight excluding hydrogens is 415 g/mol. The van der Waals surface area contributed by atoms with E-state index in [-0.39, 0.29) is 18.6 Å². The van der Waals surface area contributed by atoms with Gasteiger partial charge < -0.3 is 10.1 Å². The first kappa shape index (κ1) is 17.0. The van der Waals surface area contributed by atoms with E-state index in [4.69, 9.17) is 4.74 Å². The maximum atomic E-state index is 12.7. The number of halogens is 1. The molecule has 124 valence electrons. The van der Waals surface area contributed by atoms with Gasteiger partial charge in [0.2, 0.25) is 0 Å². The van der Waals surface area contributed by atoms with E-state index in [0.29, 0.717) is 12.2 Å². The lowest BCUT2D eigenvalue weighted by Gasteiger charge is -2.29. The molecule has 2 aromatic rings. The highest BCUT2D eigenvalue weighted by Gasteiger charge is 2.29. The zero-order valence-corrected chi connectivity index (χ0v) is 15.5. The van der Waals surface area contributed by atoms with Gasteiger partial charge in [-0.05, 0) is 52.8 Å². The summed E-state index contributed by atoms with van der Waals surface area (Å²) in [4.78, 5) is 12.7. The van der Waals surface area contributed by atoms with Crippen LogP contribution < -0.4 is 10.6 Å². The second-order valence-corrected chi connectivity index (χ2v) is 6.89. The van der Waals surface area contributed by atoms with Crippen LogP contribution in [-0.2, 0) is 16.1 Å². The normalized spacial score (nSPS) is 17.3. The van der Waals surface area contributed by atoms with Crippen LogP contribution in [0, 0.1) is 3.57 Å². The molecule has 0 amide bonds. The van der Waals surface area contributed by atoms with Crippen LogP contribution in [-0.4, -0.2) is 12.6 Å². The fourth-order valence-electron chi connectivity index (χ4n) is 2.74. The van der Waals surface area contributed by atoms with Crippen LogP contribution in [0.25, 0.3) is 0 Å². The van der Waals surface area contributed by atoms with Gasteiger partial charge in [-0.2, -0.15) is 0 Å². The van der Waals surface area contributed by atoms with Crippen molar-refractivity contribution >= 4 is 28.6 Å². The lowest BCUT2D eigenvalue weighted by Crippen LogP contribution is -2.41. The summed E-state index contributed by atoms with van der Waals surface area (Å²) in [5.74, 6) is -0.292. The number of rotatable bonds is 4. The Morgan fingerprint density at radius 2 is 2.00 bits per heavy atom. The van der Waals surface area contributed by atoms with E-state index in [1.165, 1.54) is 0 Å². The van der Waals surface area contributed by atoms with Crippen molar-refractivity contribution in [1.82, 2.24) is 10.6 Å². The predicted molar refractivity (Wildman–Crippen MR) is 102 cm³/mol. The summed E-state index contributed by atoms with van der Waals surface area (Å²) in [6.45, 7) is 2.81. The second kappa shape index (κ2) is 7.81. The van der Waals surface area contributed by atoms with Crippen LogP contribution in [0.2, 0.25) is 0 Å². The Balaban J connectivity index is 1.80. The molecule has 4 nitrogen and oxygen atoms in total. The van der Waals surface area contributed by atoms with Crippen molar-refractivity contribution in [2.75, 3.05) is 6.67 Å². The summed E-state index contributed by atoms with van der Waals surface area (Å²) in [5, 5.41) is 6.54. The average molecular weight is 434 g/mol. The molecule has 5 heteroatoms. The number of hydrogen-bond donors (Lipinski definition) is 2. The van der Waals surface area contributed by atoms with E-state index in [9.17, 15) is 4.79 Å². The molecule has 1 aliphatic rings. The van der Waals surface area contributed by atoms with Crippen LogP contribution in [0.5, 0.6) is 0 Å². The average Bonchev–Trinajstić information content (AvgIpc) is 2.60. The molecule has 0 radical (unpaired) electrons. The number of benzene rings is 2. The summed E-state index contributed by atoms with van der Waals surface area (Å²) in [6.07, 6.45) is 0. The van der Waals surface area contributed by atoms with E-state index in [1.807, 2.05) is 55.5 Å². The SMILES string of the molecule is CC1=C(C(=O)OCc2ccccc2)C(c2cccc(I)c2)NCN1. The Hall–Kier alpha value is -1.86. The summed E-state index contributed by atoms with van der Waals surface area (Å²) in [5.41, 5.74) is 3.54. The Labute approximate surface area is 155 Å². The van der Waals surface area contributed by atoms with Crippen molar-refractivity contribution in [2.45, 2.75) is 19.6 Å². The van der Waals surface area contributed by atoms with Crippen molar-refractivity contribution in [3.63, 3.8) is 0 Å². The fraction of sp³-hybridized carbons (Fsp3) is 0.211. The summed E-state index contributed by atoms with van der Waals surface area (Å²) < 4.78 is 6.68. The molecule has 0 aliphatic carbocycles. The lowest BCUT2D eigenvalue weighted by molar-refractivity contribution is -0.141. The number of ether oxygens (including phenoxy) is 1. The standard InChI is InChI=1S/C19H19IN2O2/c1-13-17(19(23)24-11-14-6-3-2-4-7-14)18(22-12-21-13)15-8-5-9-16(20)10-15/h2-10,18,21-22H,11-12H2,1H3. The van der Waals surface area contributed by atoms with Crippen LogP contribution in [0.4, 0.5) is 0 Å². The first-order valence-electron chi connectivity index (χ1n) is 7.79. The fourth-order valence-corrected chi connectivity index (χ4v) is 3.31. The van der Waals surface area contributed by atoms with E-state index >= 15 is 0 Å². The highest BCUT2D eigenvalue weighted by Crippen LogP contribution is 2.28. The third-order valence-corrected chi connectivity index (χ3v) is 4.64. The van der Waals surface area contributed by atoms with E-state index in [1.54, 1.807) is 0 Å². The van der Waals surface area contributed by atoms with Crippen LogP contribution in [0.3, 0.4) is 0 Å². The molecule has 24 heavy (non-hydrogen) atoms. The van der Waals surface area contributed by atoms with Gasteiger partial charge in [0.25, 0.3) is 0 Å². The van der Waals surface area contributed by atoms with Gasteiger partial charge >= 0.3 is 5.97 Å². The minimum atomic E-state index is -0.292. The van der Waals surface area contributed by atoms with Crippen LogP contribution in [0.15, 0.2) is 65.9 Å². The van der Waals surface area contributed by atoms with Crippen LogP contribution >= 0.6 is 22.6 Å². The van der Waals surface area contributed by atoms with Gasteiger partial charge in [-0.1, -0.05) is 42.5 Å². The van der Waals surface area contributed by atoms with Crippen molar-refractivity contribution in [1.29, 1.82) is 0 Å². The Morgan fingerprint density at radius 3 is 2.75 bits per heavy atom. The summed E-state index contributed by atoms with van der Waals surface area (Å²) in [6, 6.07) is 17.7. The highest BCUT2D eigenvalue weighted by molar-refractivity contribution is 14.1. The maximum Gasteiger partial charge on any atom is 0.338 e. The summed E-state index contributed by atoms with van der Waals surface area (Å²) in [7, 11) is 0. The largest absolute Gasteiger partial charge is 0.457 e. The first-order valence-corrected chi connectivity index (χ1v) is 8.87. The molecule has 2 N–H and O–H groups in total. The number of esters is 1. The van der Waals surface area contributed by atoms with E-state index in [0.717, 1.165) is 20.4 Å². The number of carbonyl (C=O) groups is 1. The number of carbonyl (C=O) groups excluding carboxylic acids is 1. The molecule has 0 saturated carbocycles. The molecule has 1 heterocycles. The molecule has 0 fully saturated rings. The quantitative estimate of drug-likeness (QED) is 0.572. The molecule has 1 aliphatic heterocycles. The monoisotopic (exact) mass is 434 g/mol. The van der Waals surface area contributed by atoms with Crippen molar-refractivity contribution < 1.29 is 9.53 Å². The second-order valence-electron chi connectivity index (χ2n) is 5.65. The predicted octanol–water partition coefficient (Wildman–Crippen LogP) is 3.50. The maximum absolute atomic E-state index is 12.7. The minimum absolute atomic E-state index is 0.163. The van der Waals surface area contributed by atoms with E-state index < -0.39 is 0 Å². The molecular formula is C19H19IN2O2. The third-order valence-electron chi connectivity index (χ3n) is 3.97. The zero-order valence-electron chi connectivity index (χ0n) is 13.4. The Morgan fingerprint density at radius 1 is 1.21 bits per heavy atom. The van der Waals surface area contributed by atoms with Crippen LogP contribution in [0.1, 0.15) is 24.1 Å². The minimum Gasteiger partial charge on any atom is -0.457 e. The van der Waals surface area contributed by atoms with Gasteiger partial charge in [-0.25, -0.2) is 4.79 Å². The van der Waals surface area contributed by atoms with Gasteiger partial charge in [-0.3, -0.25) is 5.32 Å². The molecule has 2 aromatic carbocycles. The zero-order chi connectivity index (χ0) is 16.9. The van der Waals surface area contributed by atoms with Gasteiger partial charge in [0.15, 0.2) is 0 Å². The number of allylic oxidation sites excluding steroid dienone is 1. The Bertz CT molecular complexity index is 759. The van der Waals surface area contributed by atoms with Gasteiger partial charge in [-0.15, -0.1) is 0 Å². The third kappa shape index (κ3) is 3.96. The highest BCUT2D eigenvalue weighted by atomic mass is 127. The molecule has 1 unspecified atom stereocenters. The van der Waals surface area contributed by atoms with E-state index in [2.05, 4.69) is 39.3 Å². The smallest absolute Gasteiger partial charge is 0.338 e. The van der Waals surface area contributed by atoms with Gasteiger partial charge in [0.1, 0.15) is 6.61 Å². The molecule has 0 spiro atoms. The van der Waals surface area contributed by atoms with Crippen molar-refractivity contribution in [2.24, 2.45) is 0 Å². The number of nitrogens with one attached hydrogen (secondary N) is 2. The van der Waals surface area contributed by atoms with Crippen molar-refractivity contribution in [3.8, 4) is 0 Å². The summed E-state index contributed by atoms with van der Waals surface area (Å²) >= 11 is 2.28. The van der Waals surface area contributed by atoms with Crippen molar-refractivity contribution in [3.05, 3.63) is 80.6 Å². The lowest BCUT2D eigenvalue weighted by atomic mass is 9.96. The molecule has 0 bridgehead atoms.